The van der Waals surface area contributed by atoms with E-state index in [1.54, 1.807) is 0 Å². The second-order valence-electron chi connectivity index (χ2n) is 10.4. The van der Waals surface area contributed by atoms with Gasteiger partial charge < -0.3 is 34.2 Å². The minimum Gasteiger partial charge on any atom is -0.756 e. The smallest absolute Gasteiger partial charge is 0.312 e. The number of nitrogens with zero attached hydrogens (tertiary/aromatic N) is 1. The average Bonchev–Trinajstić information content (AvgIpc) is 2.75. The molecule has 0 aromatic carbocycles. The van der Waals surface area contributed by atoms with Crippen LogP contribution in [0.15, 0.2) is 0 Å². The molecular formula is C25H54N3O6P. The van der Waals surface area contributed by atoms with Gasteiger partial charge in [0.15, 0.2) is 0 Å². The predicted molar refractivity (Wildman–Crippen MR) is 140 cm³/mol. The Bertz CT molecular complexity index is 560. The van der Waals surface area contributed by atoms with Crippen LogP contribution in [0.25, 0.3) is 0 Å². The molecule has 2 unspecified atom stereocenters. The number of likely N-dealkylation sites (N-methyl/N-ethyl adjacent to an activating group) is 1. The summed E-state index contributed by atoms with van der Waals surface area (Å²) in [5, 5.41) is 2.37. The van der Waals surface area contributed by atoms with Gasteiger partial charge in [-0.3, -0.25) is 4.57 Å². The summed E-state index contributed by atoms with van der Waals surface area (Å²) >= 11 is 0. The lowest BCUT2D eigenvalue weighted by molar-refractivity contribution is -0.870. The molecule has 0 aliphatic heterocycles. The van der Waals surface area contributed by atoms with E-state index in [4.69, 9.17) is 19.5 Å². The molecular weight excluding hydrogens is 469 g/mol. The predicted octanol–water partition coefficient (Wildman–Crippen LogP) is 4.73. The van der Waals surface area contributed by atoms with Gasteiger partial charge in [-0.05, 0) is 6.42 Å². The molecule has 9 nitrogen and oxygen atoms in total. The normalized spacial score (nSPS) is 14.5. The molecule has 10 heteroatoms. The van der Waals surface area contributed by atoms with E-state index < -0.39 is 20.0 Å². The number of rotatable bonds is 25. The zero-order valence-electron chi connectivity index (χ0n) is 22.9. The number of unbranched alkanes of at least 4 members (excludes halogenated alkanes) is 13. The van der Waals surface area contributed by atoms with Gasteiger partial charge in [-0.1, -0.05) is 90.4 Å². The van der Waals surface area contributed by atoms with E-state index in [1.807, 2.05) is 21.1 Å². The maximum Gasteiger partial charge on any atom is 0.312 e. The highest BCUT2D eigenvalue weighted by molar-refractivity contribution is 7.45. The maximum atomic E-state index is 12.1. The van der Waals surface area contributed by atoms with Gasteiger partial charge in [-0.25, -0.2) is 4.79 Å². The third kappa shape index (κ3) is 26.2. The number of amides is 2. The fourth-order valence-electron chi connectivity index (χ4n) is 3.59. The van der Waals surface area contributed by atoms with Crippen LogP contribution >= 0.6 is 7.82 Å². The van der Waals surface area contributed by atoms with Gasteiger partial charge in [0.05, 0.1) is 27.7 Å². The number of phosphoric ester groups is 1. The van der Waals surface area contributed by atoms with Gasteiger partial charge in [-0.15, -0.1) is 0 Å². The highest BCUT2D eigenvalue weighted by Gasteiger charge is 2.20. The van der Waals surface area contributed by atoms with Crippen molar-refractivity contribution >= 4 is 13.9 Å². The molecule has 0 aliphatic carbocycles. The lowest BCUT2D eigenvalue weighted by atomic mass is 10.0. The van der Waals surface area contributed by atoms with Crippen molar-refractivity contribution in [3.05, 3.63) is 0 Å². The molecule has 2 atom stereocenters. The quantitative estimate of drug-likeness (QED) is 0.101. The van der Waals surface area contributed by atoms with Crippen molar-refractivity contribution in [2.75, 3.05) is 54.1 Å². The molecule has 0 aromatic heterocycles. The Kier molecular flexibility index (Phi) is 21.0. The van der Waals surface area contributed by atoms with Crippen LogP contribution in [0.3, 0.4) is 0 Å². The van der Waals surface area contributed by atoms with Crippen LogP contribution in [0.5, 0.6) is 0 Å². The van der Waals surface area contributed by atoms with Crippen LogP contribution in [-0.4, -0.2) is 70.7 Å². The number of hydrogen-bond acceptors (Lipinski definition) is 6. The Labute approximate surface area is 214 Å². The molecule has 0 rings (SSSR count). The number of ether oxygens (including phenoxy) is 1. The Morgan fingerprint density at radius 2 is 1.37 bits per heavy atom. The lowest BCUT2D eigenvalue weighted by Crippen LogP contribution is -2.40. The van der Waals surface area contributed by atoms with E-state index in [1.165, 1.54) is 77.0 Å². The van der Waals surface area contributed by atoms with Gasteiger partial charge in [0, 0.05) is 13.2 Å². The van der Waals surface area contributed by atoms with Crippen molar-refractivity contribution in [1.29, 1.82) is 0 Å². The van der Waals surface area contributed by atoms with Crippen molar-refractivity contribution in [3.63, 3.8) is 0 Å². The Morgan fingerprint density at radius 3 is 1.83 bits per heavy atom. The first kappa shape index (κ1) is 34.3. The summed E-state index contributed by atoms with van der Waals surface area (Å²) in [6.07, 6.45) is 17.1. The number of phosphoric acid groups is 1. The summed E-state index contributed by atoms with van der Waals surface area (Å²) in [4.78, 5) is 23.1. The van der Waals surface area contributed by atoms with Gasteiger partial charge in [0.2, 0.25) is 0 Å². The Morgan fingerprint density at radius 1 is 0.886 bits per heavy atom. The second kappa shape index (κ2) is 21.4. The molecule has 2 amide bonds. The number of hydrogen-bond donors (Lipinski definition) is 2. The molecule has 210 valence electrons. The molecule has 0 saturated carbocycles. The number of urea groups is 1. The molecule has 0 spiro atoms. The first-order valence-corrected chi connectivity index (χ1v) is 15.1. The van der Waals surface area contributed by atoms with E-state index in [-0.39, 0.29) is 19.8 Å². The highest BCUT2D eigenvalue weighted by atomic mass is 31.2. The minimum absolute atomic E-state index is 0.0140. The van der Waals surface area contributed by atoms with Crippen LogP contribution in [0.4, 0.5) is 4.79 Å². The number of quaternary nitrogens is 1. The Hall–Kier alpha value is -0.700. The van der Waals surface area contributed by atoms with Crippen LogP contribution in [0.1, 0.15) is 96.8 Å². The molecule has 0 heterocycles. The maximum absolute atomic E-state index is 12.1. The van der Waals surface area contributed by atoms with Crippen molar-refractivity contribution in [2.24, 2.45) is 5.73 Å². The van der Waals surface area contributed by atoms with E-state index in [0.29, 0.717) is 17.6 Å². The van der Waals surface area contributed by atoms with E-state index >= 15 is 0 Å². The molecule has 0 bridgehead atoms. The van der Waals surface area contributed by atoms with Gasteiger partial charge in [-0.2, -0.15) is 0 Å². The summed E-state index contributed by atoms with van der Waals surface area (Å²) in [7, 11) is 1.29. The third-order valence-corrected chi connectivity index (χ3v) is 6.79. The minimum atomic E-state index is -4.52. The first-order chi connectivity index (χ1) is 16.6. The van der Waals surface area contributed by atoms with Gasteiger partial charge in [0.1, 0.15) is 19.3 Å². The first-order valence-electron chi connectivity index (χ1n) is 13.6. The molecule has 0 saturated heterocycles. The van der Waals surface area contributed by atoms with Gasteiger partial charge in [0.25, 0.3) is 7.82 Å². The van der Waals surface area contributed by atoms with Crippen LogP contribution in [0, 0.1) is 0 Å². The summed E-state index contributed by atoms with van der Waals surface area (Å²) in [6.45, 7) is 3.25. The summed E-state index contributed by atoms with van der Waals surface area (Å²) in [5.74, 6) is 0. The molecule has 0 fully saturated rings. The van der Waals surface area contributed by atoms with E-state index in [2.05, 4.69) is 12.2 Å². The van der Waals surface area contributed by atoms with Gasteiger partial charge >= 0.3 is 6.03 Å². The standard InChI is InChI=1S/C25H54N3O6P/c1-5-6-7-8-9-10-11-12-13-14-15-16-17-18-20-32-23-24(22-27-25(26)29)34-35(30,31)33-21-19-28(2,3)4/h24H,5-23H2,1-4H3,(H3-,26,27,29,30,31). The highest BCUT2D eigenvalue weighted by Crippen LogP contribution is 2.39. The second-order valence-corrected chi connectivity index (χ2v) is 11.8. The topological polar surface area (TPSA) is 123 Å². The van der Waals surface area contributed by atoms with Crippen molar-refractivity contribution in [3.8, 4) is 0 Å². The van der Waals surface area contributed by atoms with Crippen molar-refractivity contribution in [2.45, 2.75) is 103 Å². The van der Waals surface area contributed by atoms with Crippen LogP contribution in [-0.2, 0) is 18.3 Å². The number of carbonyl (C=O) groups excluding carboxylic acids is 1. The van der Waals surface area contributed by atoms with Crippen molar-refractivity contribution < 1.29 is 32.5 Å². The number of primary amides is 1. The summed E-state index contributed by atoms with van der Waals surface area (Å²) < 4.78 is 28.3. The largest absolute Gasteiger partial charge is 0.756 e. The third-order valence-electron chi connectivity index (χ3n) is 5.74. The van der Waals surface area contributed by atoms with E-state index in [0.717, 1.165) is 12.8 Å². The SMILES string of the molecule is CCCCCCCCCCCCCCCCOCC(CNC(N)=O)OP(=O)([O-])OCC[N+](C)(C)C. The molecule has 35 heavy (non-hydrogen) atoms. The van der Waals surface area contributed by atoms with E-state index in [9.17, 15) is 14.3 Å². The molecule has 3 N–H and O–H groups in total. The Balaban J connectivity index is 3.87. The van der Waals surface area contributed by atoms with Crippen LogP contribution < -0.4 is 15.9 Å². The average molecular weight is 524 g/mol. The monoisotopic (exact) mass is 523 g/mol. The number of nitrogens with two attached hydrogens (primary N) is 1. The zero-order valence-corrected chi connectivity index (χ0v) is 23.8. The summed E-state index contributed by atoms with van der Waals surface area (Å²) in [5.41, 5.74) is 5.10. The van der Waals surface area contributed by atoms with Crippen molar-refractivity contribution in [1.82, 2.24) is 5.32 Å². The van der Waals surface area contributed by atoms with Crippen LogP contribution in [0.2, 0.25) is 0 Å². The fourth-order valence-corrected chi connectivity index (χ4v) is 4.46. The molecule has 0 aliphatic rings. The lowest BCUT2D eigenvalue weighted by Gasteiger charge is -2.30. The molecule has 0 aromatic rings. The summed E-state index contributed by atoms with van der Waals surface area (Å²) in [6, 6.07) is -0.753. The number of carbonyl (C=O) groups is 1. The zero-order chi connectivity index (χ0) is 26.4. The number of nitrogens with one attached hydrogen (secondary N) is 1. The fraction of sp³-hybridized carbons (Fsp3) is 0.960. The molecule has 0 radical (unpaired) electrons.